The quantitative estimate of drug-likeness (QED) is 0.266. The third kappa shape index (κ3) is 5.25. The molecule has 3 rings (SSSR count). The number of amides is 3. The summed E-state index contributed by atoms with van der Waals surface area (Å²) in [6, 6.07) is 7.64. The van der Waals surface area contributed by atoms with Gasteiger partial charge in [-0.3, -0.25) is 4.79 Å². The highest BCUT2D eigenvalue weighted by Crippen LogP contribution is 2.24. The molecule has 2 heterocycles. The summed E-state index contributed by atoms with van der Waals surface area (Å²) in [7, 11) is 1.73. The van der Waals surface area contributed by atoms with Gasteiger partial charge >= 0.3 is 6.03 Å². The Bertz CT molecular complexity index is 1100. The maximum atomic E-state index is 14.8. The van der Waals surface area contributed by atoms with Crippen molar-refractivity contribution in [3.8, 4) is 0 Å². The van der Waals surface area contributed by atoms with E-state index < -0.39 is 11.7 Å². The van der Waals surface area contributed by atoms with Gasteiger partial charge in [0, 0.05) is 32.6 Å². The van der Waals surface area contributed by atoms with Gasteiger partial charge in [0.25, 0.3) is 5.91 Å². The highest BCUT2D eigenvalue weighted by atomic mass is 19.1. The molecule has 1 aliphatic rings. The molecule has 0 saturated heterocycles. The lowest BCUT2D eigenvalue weighted by Crippen LogP contribution is -2.43. The predicted octanol–water partition coefficient (Wildman–Crippen LogP) is 2.51. The molecule has 1 aromatic carbocycles. The number of halogens is 1. The summed E-state index contributed by atoms with van der Waals surface area (Å²) >= 11 is 0. The summed E-state index contributed by atoms with van der Waals surface area (Å²) < 4.78 is 14.8. The van der Waals surface area contributed by atoms with Crippen LogP contribution < -0.4 is 22.0 Å². The number of hydrogen-bond acceptors (Lipinski definition) is 6. The first-order valence-electron chi connectivity index (χ1n) is 11.1. The Morgan fingerprint density at radius 1 is 1.29 bits per heavy atom. The van der Waals surface area contributed by atoms with Crippen LogP contribution in [0.3, 0.4) is 0 Å². The zero-order valence-corrected chi connectivity index (χ0v) is 19.9. The molecule has 2 aromatic rings. The Balaban J connectivity index is 1.81. The average Bonchev–Trinajstić information content (AvgIpc) is 2.82. The van der Waals surface area contributed by atoms with E-state index in [0.29, 0.717) is 37.7 Å². The number of hydrazone groups is 1. The van der Waals surface area contributed by atoms with Crippen molar-refractivity contribution in [1.29, 1.82) is 0 Å². The molecule has 0 unspecified atom stereocenters. The number of carbonyl (C=O) groups excluding carboxylic acids is 2. The molecule has 0 spiro atoms. The number of nitrogens with zero attached hydrogens (tertiary/aromatic N) is 5. The first kappa shape index (κ1) is 24.9. The van der Waals surface area contributed by atoms with Crippen molar-refractivity contribution in [2.75, 3.05) is 30.5 Å². The minimum absolute atomic E-state index is 0.0526. The van der Waals surface area contributed by atoms with E-state index in [4.69, 9.17) is 11.7 Å². The van der Waals surface area contributed by atoms with Crippen LogP contribution in [0.15, 0.2) is 35.4 Å². The van der Waals surface area contributed by atoms with Gasteiger partial charge < -0.3 is 21.0 Å². The number of fused-ring (bicyclic) bond motifs is 1. The van der Waals surface area contributed by atoms with Crippen molar-refractivity contribution in [3.05, 3.63) is 52.8 Å². The Morgan fingerprint density at radius 2 is 2.03 bits per heavy atom. The number of aromatic nitrogens is 1. The van der Waals surface area contributed by atoms with Crippen LogP contribution in [0.25, 0.3) is 0 Å². The molecule has 0 bridgehead atoms. The monoisotopic (exact) mass is 470 g/mol. The summed E-state index contributed by atoms with van der Waals surface area (Å²) in [5, 5.41) is 7.55. The largest absolute Gasteiger partial charge is 0.328 e. The lowest BCUT2D eigenvalue weighted by atomic mass is 9.96. The first-order chi connectivity index (χ1) is 16.2. The second-order valence-electron chi connectivity index (χ2n) is 8.42. The lowest BCUT2D eigenvalue weighted by Gasteiger charge is -2.32. The van der Waals surface area contributed by atoms with Gasteiger partial charge in [0.1, 0.15) is 17.5 Å². The van der Waals surface area contributed by atoms with Crippen molar-refractivity contribution in [1.82, 2.24) is 14.8 Å². The van der Waals surface area contributed by atoms with Gasteiger partial charge in [-0.1, -0.05) is 19.9 Å². The number of nitrogens with two attached hydrogens (primary N) is 2. The fourth-order valence-corrected chi connectivity index (χ4v) is 3.71. The average molecular weight is 471 g/mol. The van der Waals surface area contributed by atoms with Crippen LogP contribution in [0, 0.1) is 11.7 Å². The standard InChI is InChI=1S/C23H31FN8O2/c1-5-30(4)23(34)31-10-9-15-12-18(24)17(11-16(15)13-31)22(33)28-19-7-6-8-20(27-19)32(26)21(29-25)14(2)3/h6-8,11-12,14H,5,9-10,13,25-26H2,1-4H3,(H,27,28,33)/b29-21-. The smallest absolute Gasteiger partial charge is 0.320 e. The van der Waals surface area contributed by atoms with Crippen molar-refractivity contribution in [2.24, 2.45) is 22.7 Å². The number of rotatable bonds is 5. The Kier molecular flexibility index (Phi) is 7.67. The van der Waals surface area contributed by atoms with E-state index in [1.165, 1.54) is 17.1 Å². The summed E-state index contributed by atoms with van der Waals surface area (Å²) in [5.74, 6) is 11.1. The van der Waals surface area contributed by atoms with E-state index in [0.717, 1.165) is 11.1 Å². The van der Waals surface area contributed by atoms with Gasteiger partial charge in [0.05, 0.1) is 5.56 Å². The third-order valence-corrected chi connectivity index (χ3v) is 5.74. The molecule has 1 aliphatic heterocycles. The second kappa shape index (κ2) is 10.5. The van der Waals surface area contributed by atoms with E-state index in [1.54, 1.807) is 35.0 Å². The number of anilines is 2. The van der Waals surface area contributed by atoms with Crippen LogP contribution in [0.1, 0.15) is 42.3 Å². The van der Waals surface area contributed by atoms with Crippen molar-refractivity contribution in [2.45, 2.75) is 33.7 Å². The highest BCUT2D eigenvalue weighted by Gasteiger charge is 2.25. The Labute approximate surface area is 198 Å². The number of hydrazine groups is 1. The van der Waals surface area contributed by atoms with Crippen LogP contribution in [-0.4, -0.2) is 52.7 Å². The number of hydrogen-bond donors (Lipinski definition) is 3. The zero-order valence-electron chi connectivity index (χ0n) is 19.9. The predicted molar refractivity (Wildman–Crippen MR) is 130 cm³/mol. The van der Waals surface area contributed by atoms with E-state index in [-0.39, 0.29) is 23.3 Å². The summed E-state index contributed by atoms with van der Waals surface area (Å²) in [5.41, 5.74) is 1.41. The van der Waals surface area contributed by atoms with Crippen molar-refractivity contribution >= 4 is 29.4 Å². The number of carbonyl (C=O) groups is 2. The van der Waals surface area contributed by atoms with E-state index in [1.807, 2.05) is 20.8 Å². The molecule has 0 aliphatic carbocycles. The normalized spacial score (nSPS) is 13.5. The molecular formula is C23H31FN8O2. The van der Waals surface area contributed by atoms with Crippen LogP contribution in [0.4, 0.5) is 20.8 Å². The van der Waals surface area contributed by atoms with Gasteiger partial charge in [0.2, 0.25) is 0 Å². The SMILES string of the molecule is CCN(C)C(=O)N1CCc2cc(F)c(C(=O)Nc3cccc(N(N)/C(=N\N)C(C)C)n3)cc2C1. The molecule has 0 atom stereocenters. The highest BCUT2D eigenvalue weighted by molar-refractivity contribution is 6.04. The molecule has 34 heavy (non-hydrogen) atoms. The maximum absolute atomic E-state index is 14.8. The van der Waals surface area contributed by atoms with Crippen LogP contribution in [0.2, 0.25) is 0 Å². The van der Waals surface area contributed by atoms with Gasteiger partial charge in [-0.25, -0.2) is 25.0 Å². The molecule has 10 nitrogen and oxygen atoms in total. The zero-order chi connectivity index (χ0) is 25.0. The molecule has 11 heteroatoms. The number of urea groups is 1. The maximum Gasteiger partial charge on any atom is 0.320 e. The van der Waals surface area contributed by atoms with E-state index in [2.05, 4.69) is 15.4 Å². The van der Waals surface area contributed by atoms with Crippen LogP contribution in [-0.2, 0) is 13.0 Å². The fraction of sp³-hybridized carbons (Fsp3) is 0.391. The second-order valence-corrected chi connectivity index (χ2v) is 8.42. The minimum atomic E-state index is -0.653. The van der Waals surface area contributed by atoms with Gasteiger partial charge in [-0.15, -0.1) is 0 Å². The number of amidine groups is 1. The molecule has 0 saturated carbocycles. The number of nitrogens with one attached hydrogen (secondary N) is 1. The Morgan fingerprint density at radius 3 is 2.68 bits per heavy atom. The minimum Gasteiger partial charge on any atom is -0.328 e. The number of pyridine rings is 1. The summed E-state index contributed by atoms with van der Waals surface area (Å²) in [4.78, 5) is 33.1. The molecule has 0 radical (unpaired) electrons. The molecule has 5 N–H and O–H groups in total. The fourth-order valence-electron chi connectivity index (χ4n) is 3.71. The van der Waals surface area contributed by atoms with E-state index >= 15 is 0 Å². The summed E-state index contributed by atoms with van der Waals surface area (Å²) in [6.45, 7) is 7.05. The number of benzene rings is 1. The molecule has 3 amide bonds. The van der Waals surface area contributed by atoms with Gasteiger partial charge in [0.15, 0.2) is 5.82 Å². The molecule has 182 valence electrons. The van der Waals surface area contributed by atoms with Gasteiger partial charge in [-0.2, -0.15) is 5.10 Å². The Hall–Kier alpha value is -3.73. The van der Waals surface area contributed by atoms with Crippen LogP contribution in [0.5, 0.6) is 0 Å². The first-order valence-corrected chi connectivity index (χ1v) is 11.1. The molecule has 1 aromatic heterocycles. The van der Waals surface area contributed by atoms with E-state index in [9.17, 15) is 14.0 Å². The van der Waals surface area contributed by atoms with Gasteiger partial charge in [-0.05, 0) is 48.7 Å². The third-order valence-electron chi connectivity index (χ3n) is 5.74. The molecular weight excluding hydrogens is 439 g/mol. The van der Waals surface area contributed by atoms with Crippen molar-refractivity contribution in [3.63, 3.8) is 0 Å². The summed E-state index contributed by atoms with van der Waals surface area (Å²) in [6.07, 6.45) is 0.522. The topological polar surface area (TPSA) is 133 Å². The van der Waals surface area contributed by atoms with Crippen molar-refractivity contribution < 1.29 is 14.0 Å². The lowest BCUT2D eigenvalue weighted by molar-refractivity contribution is 0.102. The molecule has 0 fully saturated rings. The van der Waals surface area contributed by atoms with Crippen LogP contribution >= 0.6 is 0 Å².